The normalized spacial score (nSPS) is 17.2. The maximum Gasteiger partial charge on any atom is 0.255 e. The summed E-state index contributed by atoms with van der Waals surface area (Å²) in [6.45, 7) is 8.31. The highest BCUT2D eigenvalue weighted by atomic mass is 32.2. The van der Waals surface area contributed by atoms with Gasteiger partial charge in [-0.3, -0.25) is 15.0 Å². The van der Waals surface area contributed by atoms with Crippen LogP contribution in [0, 0.1) is 11.8 Å². The van der Waals surface area contributed by atoms with E-state index in [0.717, 1.165) is 18.5 Å². The van der Waals surface area contributed by atoms with Crippen LogP contribution in [0.4, 0.5) is 0 Å². The van der Waals surface area contributed by atoms with E-state index in [2.05, 4.69) is 10.7 Å². The zero-order chi connectivity index (χ0) is 29.3. The number of aliphatic hydroxyl groups excluding tert-OH is 1. The Morgan fingerprint density at radius 1 is 0.975 bits per heavy atom. The quantitative estimate of drug-likeness (QED) is 0.318. The molecule has 0 bridgehead atoms. The molecule has 3 atom stereocenters. The summed E-state index contributed by atoms with van der Waals surface area (Å²) in [5.74, 6) is -0.662. The van der Waals surface area contributed by atoms with Crippen LogP contribution in [0.3, 0.4) is 0 Å². The molecule has 0 aliphatic carbocycles. The molecule has 40 heavy (non-hydrogen) atoms. The number of nitrogens with one attached hydrogen (secondary N) is 2. The smallest absolute Gasteiger partial charge is 0.255 e. The van der Waals surface area contributed by atoms with Gasteiger partial charge in [0, 0.05) is 19.5 Å². The van der Waals surface area contributed by atoms with E-state index in [1.165, 1.54) is 21.4 Å². The number of hydrazine groups is 1. The Balaban J connectivity index is 1.98. The molecular formula is C30H44N4O5S. The minimum atomic E-state index is -3.93. The van der Waals surface area contributed by atoms with Crippen LogP contribution in [0.15, 0.2) is 65.6 Å². The van der Waals surface area contributed by atoms with Gasteiger partial charge in [-0.25, -0.2) is 13.4 Å². The number of aliphatic hydroxyl groups is 1. The standard InChI is InChI=1S/C30H44N4O5S/c1-22(2)18-29(36)34(32-30(37)26-16-11-17-31-26)27(19-24-12-7-5-8-13-24)28(35)21-33(20-23(3)4)40(38,39)25-14-9-6-10-15-25/h5-10,12-15,22-23,26-28,31,35H,11,16-21H2,1-4H3,(H,32,37)/t26?,27-,28+/m0/s1. The van der Waals surface area contributed by atoms with Crippen molar-refractivity contribution in [1.29, 1.82) is 0 Å². The molecule has 1 fully saturated rings. The molecule has 9 nitrogen and oxygen atoms in total. The van der Waals surface area contributed by atoms with Crippen LogP contribution in [0.25, 0.3) is 0 Å². The minimum absolute atomic E-state index is 0.00918. The Morgan fingerprint density at radius 3 is 2.15 bits per heavy atom. The van der Waals surface area contributed by atoms with Gasteiger partial charge in [-0.05, 0) is 55.3 Å². The molecule has 1 unspecified atom stereocenters. The van der Waals surface area contributed by atoms with Gasteiger partial charge >= 0.3 is 0 Å². The number of hydrogen-bond donors (Lipinski definition) is 3. The second-order valence-electron chi connectivity index (χ2n) is 11.3. The van der Waals surface area contributed by atoms with Crippen LogP contribution in [0.1, 0.15) is 52.5 Å². The Bertz CT molecular complexity index is 1190. The molecule has 220 valence electrons. The number of rotatable bonds is 13. The Kier molecular flexibility index (Phi) is 11.7. The third-order valence-electron chi connectivity index (χ3n) is 6.86. The number of amides is 2. The largest absolute Gasteiger partial charge is 0.390 e. The molecule has 1 aliphatic rings. The van der Waals surface area contributed by atoms with Crippen LogP contribution in [-0.2, 0) is 26.0 Å². The average Bonchev–Trinajstić information content (AvgIpc) is 3.46. The fraction of sp³-hybridized carbons (Fsp3) is 0.533. The highest BCUT2D eigenvalue weighted by Gasteiger charge is 2.37. The molecule has 10 heteroatoms. The van der Waals surface area contributed by atoms with Gasteiger partial charge in [-0.15, -0.1) is 0 Å². The van der Waals surface area contributed by atoms with Crippen molar-refractivity contribution >= 4 is 21.8 Å². The van der Waals surface area contributed by atoms with Crippen molar-refractivity contribution in [2.75, 3.05) is 19.6 Å². The van der Waals surface area contributed by atoms with Crippen molar-refractivity contribution in [1.82, 2.24) is 20.1 Å². The molecule has 2 amide bonds. The third-order valence-corrected chi connectivity index (χ3v) is 8.71. The lowest BCUT2D eigenvalue weighted by Gasteiger charge is -2.38. The maximum atomic E-state index is 13.6. The molecule has 2 aromatic carbocycles. The Morgan fingerprint density at radius 2 is 1.60 bits per heavy atom. The highest BCUT2D eigenvalue weighted by molar-refractivity contribution is 7.89. The number of hydrogen-bond acceptors (Lipinski definition) is 6. The zero-order valence-electron chi connectivity index (χ0n) is 24.0. The molecule has 0 spiro atoms. The first-order valence-electron chi connectivity index (χ1n) is 14.1. The minimum Gasteiger partial charge on any atom is -0.390 e. The highest BCUT2D eigenvalue weighted by Crippen LogP contribution is 2.21. The van der Waals surface area contributed by atoms with E-state index < -0.39 is 28.2 Å². The number of sulfonamides is 1. The molecule has 1 heterocycles. The van der Waals surface area contributed by atoms with Crippen LogP contribution < -0.4 is 10.7 Å². The Hall–Kier alpha value is -2.79. The number of carbonyl (C=O) groups excluding carboxylic acids is 2. The summed E-state index contributed by atoms with van der Waals surface area (Å²) in [5, 5.41) is 16.1. The fourth-order valence-electron chi connectivity index (χ4n) is 4.89. The van der Waals surface area contributed by atoms with E-state index in [1.807, 2.05) is 58.0 Å². The van der Waals surface area contributed by atoms with E-state index in [9.17, 15) is 23.1 Å². The van der Waals surface area contributed by atoms with Gasteiger partial charge in [0.15, 0.2) is 0 Å². The summed E-state index contributed by atoms with van der Waals surface area (Å²) < 4.78 is 28.6. The summed E-state index contributed by atoms with van der Waals surface area (Å²) in [6.07, 6.45) is 0.613. The fourth-order valence-corrected chi connectivity index (χ4v) is 6.53. The van der Waals surface area contributed by atoms with E-state index in [0.29, 0.717) is 6.42 Å². The average molecular weight is 573 g/mol. The van der Waals surface area contributed by atoms with Gasteiger partial charge < -0.3 is 10.4 Å². The van der Waals surface area contributed by atoms with E-state index >= 15 is 0 Å². The molecule has 0 aromatic heterocycles. The van der Waals surface area contributed by atoms with Gasteiger partial charge in [-0.2, -0.15) is 4.31 Å². The predicted molar refractivity (Wildman–Crippen MR) is 155 cm³/mol. The predicted octanol–water partition coefficient (Wildman–Crippen LogP) is 2.96. The van der Waals surface area contributed by atoms with E-state index in [-0.39, 0.29) is 54.5 Å². The lowest BCUT2D eigenvalue weighted by molar-refractivity contribution is -0.149. The lowest BCUT2D eigenvalue weighted by Crippen LogP contribution is -2.61. The number of nitrogens with zero attached hydrogens (tertiary/aromatic N) is 2. The number of carbonyl (C=O) groups is 2. The van der Waals surface area contributed by atoms with Crippen molar-refractivity contribution in [3.63, 3.8) is 0 Å². The molecular weight excluding hydrogens is 528 g/mol. The first-order valence-corrected chi connectivity index (χ1v) is 15.6. The molecule has 0 saturated carbocycles. The van der Waals surface area contributed by atoms with Crippen LogP contribution >= 0.6 is 0 Å². The van der Waals surface area contributed by atoms with Crippen molar-refractivity contribution in [2.24, 2.45) is 11.8 Å². The van der Waals surface area contributed by atoms with Gasteiger partial charge in [-0.1, -0.05) is 76.2 Å². The topological polar surface area (TPSA) is 119 Å². The molecule has 3 N–H and O–H groups in total. The summed E-state index contributed by atoms with van der Waals surface area (Å²) in [5.41, 5.74) is 3.65. The van der Waals surface area contributed by atoms with Crippen molar-refractivity contribution < 1.29 is 23.1 Å². The zero-order valence-corrected chi connectivity index (χ0v) is 24.8. The molecule has 3 rings (SSSR count). The maximum absolute atomic E-state index is 13.6. The van der Waals surface area contributed by atoms with Gasteiger partial charge in [0.2, 0.25) is 15.9 Å². The van der Waals surface area contributed by atoms with E-state index in [1.54, 1.807) is 18.2 Å². The van der Waals surface area contributed by atoms with Crippen LogP contribution in [0.2, 0.25) is 0 Å². The summed E-state index contributed by atoms with van der Waals surface area (Å²) in [6, 6.07) is 16.2. The van der Waals surface area contributed by atoms with Gasteiger partial charge in [0.1, 0.15) is 0 Å². The second-order valence-corrected chi connectivity index (χ2v) is 13.3. The Labute approximate surface area is 239 Å². The monoisotopic (exact) mass is 572 g/mol. The number of benzene rings is 2. The molecule has 2 aromatic rings. The lowest BCUT2D eigenvalue weighted by atomic mass is 9.99. The first-order chi connectivity index (χ1) is 19.0. The van der Waals surface area contributed by atoms with Crippen molar-refractivity contribution in [3.05, 3.63) is 66.2 Å². The van der Waals surface area contributed by atoms with Crippen LogP contribution in [-0.4, -0.2) is 72.5 Å². The van der Waals surface area contributed by atoms with E-state index in [4.69, 9.17) is 0 Å². The van der Waals surface area contributed by atoms with Crippen molar-refractivity contribution in [3.8, 4) is 0 Å². The van der Waals surface area contributed by atoms with Gasteiger partial charge in [0.05, 0.1) is 23.1 Å². The van der Waals surface area contributed by atoms with Gasteiger partial charge in [0.25, 0.3) is 5.91 Å². The first kappa shape index (κ1) is 31.7. The SMILES string of the molecule is CC(C)CC(=O)N(NC(=O)C1CCCN1)[C@@H](Cc1ccccc1)[C@H](O)CN(CC(C)C)S(=O)(=O)c1ccccc1. The summed E-state index contributed by atoms with van der Waals surface area (Å²) in [4.78, 5) is 26.9. The summed E-state index contributed by atoms with van der Waals surface area (Å²) >= 11 is 0. The molecule has 0 radical (unpaired) electrons. The summed E-state index contributed by atoms with van der Waals surface area (Å²) in [7, 11) is -3.93. The third kappa shape index (κ3) is 8.86. The molecule has 1 saturated heterocycles. The van der Waals surface area contributed by atoms with Crippen LogP contribution in [0.5, 0.6) is 0 Å². The van der Waals surface area contributed by atoms with Crippen molar-refractivity contribution in [2.45, 2.75) is 76.5 Å². The molecule has 1 aliphatic heterocycles. The second kappa shape index (κ2) is 14.7.